The molecule has 0 unspecified atom stereocenters. The minimum absolute atomic E-state index is 0.0277. The van der Waals surface area contributed by atoms with E-state index in [0.717, 1.165) is 136 Å². The van der Waals surface area contributed by atoms with Crippen LogP contribution < -0.4 is 0 Å². The van der Waals surface area contributed by atoms with E-state index in [4.69, 9.17) is 58.0 Å². The maximum atomic E-state index is 13.5. The van der Waals surface area contributed by atoms with Crippen LogP contribution in [-0.2, 0) is 72.0 Å². The number of fused-ring (bicyclic) bond motifs is 13. The van der Waals surface area contributed by atoms with Crippen molar-refractivity contribution >= 4 is 133 Å². The number of alkyl halides is 3. The predicted molar refractivity (Wildman–Crippen MR) is 576 cm³/mol. The lowest BCUT2D eigenvalue weighted by Crippen LogP contribution is -2.50. The molecule has 0 fully saturated rings. The lowest BCUT2D eigenvalue weighted by molar-refractivity contribution is -0.138. The normalized spacial score (nSPS) is 16.0. The molecule has 782 valence electrons. The van der Waals surface area contributed by atoms with Gasteiger partial charge in [-0.05, 0) is 301 Å². The fraction of sp³-hybridized carbons (Fsp3) is 0.452. The molecule has 0 aliphatic carbocycles. The minimum Gasteiger partial charge on any atom is -0.345 e. The molecule has 4 aromatic heterocycles. The number of carbonyl (C=O) groups is 9. The Kier molecular flexibility index (Phi) is 32.6. The molecular weight excluding hydrogens is 1960 g/mol. The van der Waals surface area contributed by atoms with Gasteiger partial charge in [-0.3, -0.25) is 42.9 Å². The van der Waals surface area contributed by atoms with Crippen molar-refractivity contribution in [3.63, 3.8) is 0 Å². The van der Waals surface area contributed by atoms with E-state index in [1.54, 1.807) is 39.8 Å². The molecule has 146 heavy (non-hydrogen) atoms. The fourth-order valence-corrected chi connectivity index (χ4v) is 20.9. The van der Waals surface area contributed by atoms with E-state index in [2.05, 4.69) is 87.7 Å². The molecule has 0 bridgehead atoms. The minimum atomic E-state index is -4.49. The second-order valence-electron chi connectivity index (χ2n) is 47.1. The molecule has 0 spiro atoms. The molecular formula is C115H140Cl5F4N13O9. The van der Waals surface area contributed by atoms with Crippen LogP contribution in [0.1, 0.15) is 326 Å². The Morgan fingerprint density at radius 2 is 0.692 bits per heavy atom. The third kappa shape index (κ3) is 23.5. The lowest BCUT2D eigenvalue weighted by Gasteiger charge is -2.39. The van der Waals surface area contributed by atoms with Gasteiger partial charge in [0.15, 0.2) is 0 Å². The summed E-state index contributed by atoms with van der Waals surface area (Å²) in [6, 6.07) is 45.6. The third-order valence-corrected chi connectivity index (χ3v) is 29.0. The molecule has 9 amide bonds. The summed E-state index contributed by atoms with van der Waals surface area (Å²) in [5.74, 6) is -0.728. The number of amides is 9. The van der Waals surface area contributed by atoms with Crippen molar-refractivity contribution in [1.29, 1.82) is 0 Å². The van der Waals surface area contributed by atoms with E-state index in [9.17, 15) is 60.7 Å². The van der Waals surface area contributed by atoms with E-state index < -0.39 is 29.0 Å². The van der Waals surface area contributed by atoms with E-state index in [-0.39, 0.29) is 109 Å². The summed E-state index contributed by atoms with van der Waals surface area (Å²) in [6.45, 7) is 65.8. The van der Waals surface area contributed by atoms with E-state index in [0.29, 0.717) is 72.8 Å². The Balaban J connectivity index is 0.000000146. The summed E-state index contributed by atoms with van der Waals surface area (Å²) in [5.41, 5.74) is 12.6. The molecule has 7 aromatic carbocycles. The monoisotopic (exact) mass is 2100 g/mol. The smallest absolute Gasteiger partial charge is 0.345 e. The van der Waals surface area contributed by atoms with Crippen LogP contribution in [0.4, 0.5) is 22.4 Å². The summed E-state index contributed by atoms with van der Waals surface area (Å²) in [4.78, 5) is 127. The highest BCUT2D eigenvalue weighted by Crippen LogP contribution is 2.45. The zero-order valence-electron chi connectivity index (χ0n) is 89.9. The van der Waals surface area contributed by atoms with Crippen molar-refractivity contribution in [3.05, 3.63) is 290 Å². The van der Waals surface area contributed by atoms with Gasteiger partial charge in [0.25, 0.3) is 47.3 Å². The SMILES string of the molecule is CC(C)(C)N1CCc2cccc(Cl)c2C1=O.CC(C)(C)N1CCn2c(c(Cl)c3ccccc32)C1=O.CC(C)(C)N1CCn2ccc(Cl)c2C1=O.CC(C)(C)N1Cc2cccc(C(F)(F)F)c2C1=O.CC(C)(C)N1Cc2cccc(Cl)c2C1=O.CC(C)(C)N1Cc2cccc(F)c2C1=O.Cc1ccc2n1C(=O)N(C(C)(C)C)C2.Cc1cccc2c1C(=O)N(C(C)(C)C)C2.Cn1c2c(c3c(Cl)cccc31)C(=O)N(C(C)(C)C)C2. The number of benzene rings is 7. The number of halogens is 9. The van der Waals surface area contributed by atoms with E-state index in [1.165, 1.54) is 17.0 Å². The first kappa shape index (κ1) is 113. The Morgan fingerprint density at radius 3 is 1.18 bits per heavy atom. The van der Waals surface area contributed by atoms with Gasteiger partial charge in [-0.1, -0.05) is 149 Å². The molecule has 0 radical (unpaired) electrons. The molecule has 0 saturated heterocycles. The second-order valence-corrected chi connectivity index (χ2v) is 49.1. The summed E-state index contributed by atoms with van der Waals surface area (Å²) in [5, 5.41) is 4.75. The van der Waals surface area contributed by atoms with Gasteiger partial charge >= 0.3 is 12.2 Å². The predicted octanol–water partition coefficient (Wildman–Crippen LogP) is 26.9. The van der Waals surface area contributed by atoms with Crippen LogP contribution in [0.3, 0.4) is 0 Å². The number of rotatable bonds is 0. The third-order valence-electron chi connectivity index (χ3n) is 27.4. The number of aromatic nitrogens is 4. The molecule has 0 atom stereocenters. The van der Waals surface area contributed by atoms with Crippen molar-refractivity contribution in [1.82, 2.24) is 62.4 Å². The first-order valence-corrected chi connectivity index (χ1v) is 51.2. The molecule has 13 heterocycles. The van der Waals surface area contributed by atoms with Crippen molar-refractivity contribution in [3.8, 4) is 0 Å². The molecule has 9 aliphatic heterocycles. The molecule has 0 N–H and O–H groups in total. The van der Waals surface area contributed by atoms with Crippen LogP contribution in [0.2, 0.25) is 25.1 Å². The van der Waals surface area contributed by atoms with Gasteiger partial charge in [-0.2, -0.15) is 13.2 Å². The van der Waals surface area contributed by atoms with Gasteiger partial charge in [-0.15, -0.1) is 0 Å². The zero-order valence-corrected chi connectivity index (χ0v) is 93.7. The molecule has 22 nitrogen and oxygen atoms in total. The molecule has 11 aromatic rings. The van der Waals surface area contributed by atoms with Gasteiger partial charge in [-0.25, -0.2) is 9.18 Å². The summed E-state index contributed by atoms with van der Waals surface area (Å²) in [6.07, 6.45) is -1.73. The lowest BCUT2D eigenvalue weighted by atomic mass is 9.94. The van der Waals surface area contributed by atoms with Crippen LogP contribution in [0.5, 0.6) is 0 Å². The highest BCUT2D eigenvalue weighted by Gasteiger charge is 2.47. The number of hydrogen-bond donors (Lipinski definition) is 0. The molecule has 31 heteroatoms. The van der Waals surface area contributed by atoms with Crippen LogP contribution in [0.15, 0.2) is 158 Å². The fourth-order valence-electron chi connectivity index (χ4n) is 19.4. The average molecular weight is 2100 g/mol. The van der Waals surface area contributed by atoms with Crippen LogP contribution in [0, 0.1) is 19.7 Å². The Hall–Kier alpha value is -11.4. The second kappa shape index (κ2) is 42.0. The highest BCUT2D eigenvalue weighted by atomic mass is 35.5. The van der Waals surface area contributed by atoms with Gasteiger partial charge in [0, 0.05) is 150 Å². The number of carbonyl (C=O) groups excluding carboxylic acids is 9. The van der Waals surface area contributed by atoms with Crippen LogP contribution in [-0.4, -0.2) is 185 Å². The standard InChI is InChI=1S/2C15H17ClN2O.C13H16ClNO.C13H14F3NO.C13H17NO.C12H14ClNO.C12H14FNO.C11H15ClN2O.C11H16N2O/c1-15(2,3)18-8-11-13(14(18)19)12-9(16)6-5-7-10(12)17(11)4;1-15(2,3)18-9-8-17-11-7-5-4-6-10(11)12(16)13(17)14(18)19;1-13(2,3)15-8-7-9-5-4-6-10(14)11(9)12(15)16;1-12(2,3)17-7-8-5-4-6-9(13(14,15)16)10(8)11(17)18;1-9-6-5-7-10-8-14(13(2,3)4)12(15)11(9)10;2*1-12(2,3)14-7-8-5-4-6-9(13)10(8)11(14)15;1-11(2,3)14-7-6-13-5-4-8(12)9(13)10(14)15;1-8-5-6-9-7-12(11(2,3)4)10(14)13(8)9/h5-7H,8H2,1-4H3;4-7H,8-9H2,1-3H3;4-6H,7-8H2,1-3H3;4-6H,7H2,1-3H3;5-7H,8H2,1-4H3;2*4-6H,7H2,1-3H3;4-5H,6-7H2,1-3H3;5-6H,7H2,1-4H3. The van der Waals surface area contributed by atoms with Gasteiger partial charge in [0.2, 0.25) is 0 Å². The quantitative estimate of drug-likeness (QED) is 0.132. The highest BCUT2D eigenvalue weighted by molar-refractivity contribution is 6.39. The maximum absolute atomic E-state index is 13.5. The molecule has 0 saturated carbocycles. The first-order chi connectivity index (χ1) is 67.3. The number of hydrogen-bond acceptors (Lipinski definition) is 9. The van der Waals surface area contributed by atoms with Gasteiger partial charge < -0.3 is 57.8 Å². The van der Waals surface area contributed by atoms with Crippen LogP contribution in [0.25, 0.3) is 21.8 Å². The van der Waals surface area contributed by atoms with Gasteiger partial charge in [0.1, 0.15) is 17.2 Å². The summed E-state index contributed by atoms with van der Waals surface area (Å²) in [7, 11) is 2.00. The number of nitrogens with zero attached hydrogens (tertiary/aromatic N) is 13. The van der Waals surface area contributed by atoms with Crippen molar-refractivity contribution in [2.75, 3.05) is 19.6 Å². The van der Waals surface area contributed by atoms with E-state index in [1.807, 2.05) is 278 Å². The largest absolute Gasteiger partial charge is 0.417 e. The zero-order chi connectivity index (χ0) is 109. The Labute approximate surface area is 882 Å². The average Bonchev–Trinajstić information content (AvgIpc) is 1.56. The van der Waals surface area contributed by atoms with E-state index >= 15 is 0 Å². The van der Waals surface area contributed by atoms with Crippen molar-refractivity contribution in [2.45, 2.75) is 316 Å². The Morgan fingerprint density at radius 1 is 0.308 bits per heavy atom. The van der Waals surface area contributed by atoms with Crippen molar-refractivity contribution in [2.24, 2.45) is 7.05 Å². The summed E-state index contributed by atoms with van der Waals surface area (Å²) >= 11 is 30.9. The van der Waals surface area contributed by atoms with Crippen LogP contribution >= 0.6 is 58.0 Å². The maximum Gasteiger partial charge on any atom is 0.417 e. The number of aryl methyl sites for hydroxylation is 3. The van der Waals surface area contributed by atoms with Crippen molar-refractivity contribution < 1.29 is 60.7 Å². The Bertz CT molecular complexity index is 6710. The summed E-state index contributed by atoms with van der Waals surface area (Å²) < 4.78 is 59.9. The topological polar surface area (TPSA) is 203 Å². The molecule has 9 aliphatic rings. The first-order valence-electron chi connectivity index (χ1n) is 49.3. The molecule has 20 rings (SSSR count). The number of para-hydroxylation sites is 1. The van der Waals surface area contributed by atoms with Gasteiger partial charge in [0.05, 0.1) is 88.3 Å².